The van der Waals surface area contributed by atoms with E-state index in [1.807, 2.05) is 19.2 Å². The molecule has 1 fully saturated rings. The molecule has 0 aromatic heterocycles. The molecule has 0 radical (unpaired) electrons. The minimum Gasteiger partial charge on any atom is -0.364 e. The van der Waals surface area contributed by atoms with Crippen molar-refractivity contribution in [3.63, 3.8) is 0 Å². The maximum atomic E-state index is 12.6. The zero-order valence-electron chi connectivity index (χ0n) is 12.6. The van der Waals surface area contributed by atoms with Gasteiger partial charge in [-0.15, -0.1) is 9.24 Å². The third-order valence-corrected chi connectivity index (χ3v) is 4.72. The summed E-state index contributed by atoms with van der Waals surface area (Å²) in [6.45, 7) is 2.57. The smallest absolute Gasteiger partial charge is 0.256 e. The van der Waals surface area contributed by atoms with Crippen molar-refractivity contribution in [3.05, 3.63) is 12.3 Å². The van der Waals surface area contributed by atoms with Crippen molar-refractivity contribution < 1.29 is 9.53 Å². The summed E-state index contributed by atoms with van der Waals surface area (Å²) in [6, 6.07) is 0. The Morgan fingerprint density at radius 3 is 2.60 bits per heavy atom. The fourth-order valence-electron chi connectivity index (χ4n) is 3.22. The van der Waals surface area contributed by atoms with Gasteiger partial charge in [-0.2, -0.15) is 0 Å². The van der Waals surface area contributed by atoms with Crippen LogP contribution in [0.5, 0.6) is 0 Å². The highest BCUT2D eigenvalue weighted by molar-refractivity contribution is 7.17. The lowest BCUT2D eigenvalue weighted by Gasteiger charge is -2.28. The topological polar surface area (TPSA) is 29.5 Å². The lowest BCUT2D eigenvalue weighted by molar-refractivity contribution is -0.140. The third-order valence-electron chi connectivity index (χ3n) is 4.40. The summed E-state index contributed by atoms with van der Waals surface area (Å²) in [5.74, 6) is 0.910. The SMILES string of the molecule is CC(P)N1C=CCOC(CC2CCCCCCC2)C1=O. The van der Waals surface area contributed by atoms with E-state index in [-0.39, 0.29) is 17.8 Å². The van der Waals surface area contributed by atoms with Crippen molar-refractivity contribution in [3.8, 4) is 0 Å². The first kappa shape index (κ1) is 16.0. The Hall–Kier alpha value is -0.400. The fourth-order valence-corrected chi connectivity index (χ4v) is 3.47. The lowest BCUT2D eigenvalue weighted by Crippen LogP contribution is -2.39. The van der Waals surface area contributed by atoms with Crippen LogP contribution in [0.3, 0.4) is 0 Å². The largest absolute Gasteiger partial charge is 0.364 e. The Bertz CT molecular complexity index is 335. The quantitative estimate of drug-likeness (QED) is 0.743. The van der Waals surface area contributed by atoms with Gasteiger partial charge in [0.2, 0.25) is 0 Å². The molecule has 20 heavy (non-hydrogen) atoms. The first-order valence-corrected chi connectivity index (χ1v) is 8.71. The number of nitrogens with zero attached hydrogens (tertiary/aromatic N) is 1. The second-order valence-electron chi connectivity index (χ2n) is 6.14. The Morgan fingerprint density at radius 2 is 1.95 bits per heavy atom. The van der Waals surface area contributed by atoms with Gasteiger partial charge in [0.25, 0.3) is 5.91 Å². The minimum absolute atomic E-state index is 0.125. The molecule has 0 aromatic rings. The van der Waals surface area contributed by atoms with Gasteiger partial charge < -0.3 is 9.64 Å². The van der Waals surface area contributed by atoms with Crippen LogP contribution in [0.4, 0.5) is 0 Å². The molecule has 3 atom stereocenters. The Morgan fingerprint density at radius 1 is 1.30 bits per heavy atom. The molecule has 0 spiro atoms. The van der Waals surface area contributed by atoms with Crippen LogP contribution in [0.2, 0.25) is 0 Å². The molecule has 4 heteroatoms. The zero-order valence-corrected chi connectivity index (χ0v) is 13.7. The molecule has 0 aromatic carbocycles. The molecule has 0 bridgehead atoms. The Labute approximate surface area is 125 Å². The molecule has 1 saturated carbocycles. The Balaban J connectivity index is 1.94. The average molecular weight is 297 g/mol. The standard InChI is InChI=1S/C16H28NO2P/c1-13(20)17-10-7-11-19-15(16(17)18)12-14-8-5-3-2-4-6-9-14/h7,10,13-15H,2-6,8-9,11-12,20H2,1H3. The van der Waals surface area contributed by atoms with Crippen LogP contribution in [-0.2, 0) is 9.53 Å². The normalized spacial score (nSPS) is 27.8. The second kappa shape index (κ2) is 8.14. The summed E-state index contributed by atoms with van der Waals surface area (Å²) >= 11 is 0. The van der Waals surface area contributed by atoms with Crippen molar-refractivity contribution in [2.24, 2.45) is 5.92 Å². The molecule has 1 aliphatic carbocycles. The fraction of sp³-hybridized carbons (Fsp3) is 0.812. The highest BCUT2D eigenvalue weighted by atomic mass is 31.0. The summed E-state index contributed by atoms with van der Waals surface area (Å²) < 4.78 is 5.78. The number of hydrogen-bond acceptors (Lipinski definition) is 2. The summed E-state index contributed by atoms with van der Waals surface area (Å²) in [7, 11) is 2.69. The Kier molecular flexibility index (Phi) is 6.51. The van der Waals surface area contributed by atoms with Gasteiger partial charge in [-0.05, 0) is 25.3 Å². The predicted octanol–water partition coefficient (Wildman–Crippen LogP) is 3.70. The van der Waals surface area contributed by atoms with Crippen molar-refractivity contribution in [2.75, 3.05) is 6.61 Å². The minimum atomic E-state index is -0.252. The van der Waals surface area contributed by atoms with E-state index in [9.17, 15) is 4.79 Å². The number of amides is 1. The van der Waals surface area contributed by atoms with Gasteiger partial charge in [0, 0.05) is 12.0 Å². The summed E-state index contributed by atoms with van der Waals surface area (Å²) in [6.07, 6.45) is 13.7. The van der Waals surface area contributed by atoms with Crippen molar-refractivity contribution in [1.82, 2.24) is 4.90 Å². The third kappa shape index (κ3) is 4.56. The molecule has 1 heterocycles. The lowest BCUT2D eigenvalue weighted by atomic mass is 9.87. The number of rotatable bonds is 3. The van der Waals surface area contributed by atoms with Gasteiger partial charge in [-0.1, -0.05) is 44.9 Å². The predicted molar refractivity (Wildman–Crippen MR) is 85.3 cm³/mol. The second-order valence-corrected chi connectivity index (χ2v) is 7.10. The van der Waals surface area contributed by atoms with E-state index >= 15 is 0 Å². The van der Waals surface area contributed by atoms with Gasteiger partial charge in [0.1, 0.15) is 6.10 Å². The first-order valence-electron chi connectivity index (χ1n) is 8.04. The maximum Gasteiger partial charge on any atom is 0.256 e. The van der Waals surface area contributed by atoms with E-state index in [1.54, 1.807) is 4.90 Å². The van der Waals surface area contributed by atoms with Gasteiger partial charge in [-0.3, -0.25) is 4.79 Å². The average Bonchev–Trinajstić information content (AvgIpc) is 2.55. The molecule has 114 valence electrons. The first-order chi connectivity index (χ1) is 9.68. The highest BCUT2D eigenvalue weighted by Gasteiger charge is 2.29. The van der Waals surface area contributed by atoms with Crippen molar-refractivity contribution >= 4 is 15.1 Å². The summed E-state index contributed by atoms with van der Waals surface area (Å²) in [5, 5.41) is 0. The van der Waals surface area contributed by atoms with E-state index in [0.717, 1.165) is 6.42 Å². The van der Waals surface area contributed by atoms with Crippen LogP contribution in [0.15, 0.2) is 12.3 Å². The van der Waals surface area contributed by atoms with E-state index in [2.05, 4.69) is 9.24 Å². The van der Waals surface area contributed by atoms with Crippen LogP contribution < -0.4 is 0 Å². The maximum absolute atomic E-state index is 12.6. The highest BCUT2D eigenvalue weighted by Crippen LogP contribution is 2.28. The molecule has 1 amide bonds. The molecule has 1 aliphatic heterocycles. The van der Waals surface area contributed by atoms with Crippen LogP contribution >= 0.6 is 9.24 Å². The molecule has 0 N–H and O–H groups in total. The number of hydrogen-bond donors (Lipinski definition) is 0. The van der Waals surface area contributed by atoms with E-state index < -0.39 is 0 Å². The van der Waals surface area contributed by atoms with E-state index in [4.69, 9.17) is 4.74 Å². The van der Waals surface area contributed by atoms with Crippen LogP contribution in [0, 0.1) is 5.92 Å². The summed E-state index contributed by atoms with van der Waals surface area (Å²) in [4.78, 5) is 14.3. The molecule has 3 unspecified atom stereocenters. The van der Waals surface area contributed by atoms with Gasteiger partial charge in [-0.25, -0.2) is 0 Å². The van der Waals surface area contributed by atoms with Crippen LogP contribution in [0.1, 0.15) is 58.3 Å². The van der Waals surface area contributed by atoms with E-state index in [1.165, 1.54) is 44.9 Å². The van der Waals surface area contributed by atoms with Crippen molar-refractivity contribution in [1.29, 1.82) is 0 Å². The molecular formula is C16H28NO2P. The molecule has 2 rings (SSSR count). The van der Waals surface area contributed by atoms with Gasteiger partial charge in [0.15, 0.2) is 0 Å². The van der Waals surface area contributed by atoms with E-state index in [0.29, 0.717) is 12.5 Å². The van der Waals surface area contributed by atoms with Crippen molar-refractivity contribution in [2.45, 2.75) is 70.2 Å². The molecule has 2 aliphatic rings. The number of carbonyl (C=O) groups is 1. The molecular weight excluding hydrogens is 269 g/mol. The van der Waals surface area contributed by atoms with Gasteiger partial charge >= 0.3 is 0 Å². The zero-order chi connectivity index (χ0) is 14.4. The van der Waals surface area contributed by atoms with Crippen LogP contribution in [-0.4, -0.2) is 29.3 Å². The van der Waals surface area contributed by atoms with Gasteiger partial charge in [0.05, 0.1) is 6.61 Å². The number of ether oxygens (including phenoxy) is 1. The number of carbonyl (C=O) groups excluding carboxylic acids is 1. The summed E-state index contributed by atoms with van der Waals surface area (Å²) in [5.41, 5.74) is 0. The molecule has 3 nitrogen and oxygen atoms in total. The monoisotopic (exact) mass is 297 g/mol. The molecule has 0 saturated heterocycles. The van der Waals surface area contributed by atoms with Crippen LogP contribution in [0.25, 0.3) is 0 Å².